The first kappa shape index (κ1) is 20.5. The number of hydrogen-bond acceptors (Lipinski definition) is 4. The summed E-state index contributed by atoms with van der Waals surface area (Å²) < 4.78 is 0. The fourth-order valence-electron chi connectivity index (χ4n) is 3.60. The van der Waals surface area contributed by atoms with Gasteiger partial charge in [0, 0.05) is 28.4 Å². The second-order valence-corrected chi connectivity index (χ2v) is 9.02. The number of thiocarbonyl (C=S) groups is 1. The molecule has 1 aliphatic rings. The van der Waals surface area contributed by atoms with Gasteiger partial charge in [-0.1, -0.05) is 26.0 Å². The molecule has 30 heavy (non-hydrogen) atoms. The maximum atomic E-state index is 12.1. The van der Waals surface area contributed by atoms with Crippen LogP contribution in [0.5, 0.6) is 0 Å². The molecule has 3 aromatic rings. The smallest absolute Gasteiger partial charge is 0.226 e. The molecule has 1 saturated heterocycles. The Morgan fingerprint density at radius 1 is 1.23 bits per heavy atom. The topological polar surface area (TPSA) is 57.3 Å². The van der Waals surface area contributed by atoms with Gasteiger partial charge < -0.3 is 15.5 Å². The fraction of sp³-hybridized carbons (Fsp3) is 0.261. The first-order valence-electron chi connectivity index (χ1n) is 9.91. The molecule has 1 aromatic carbocycles. The summed E-state index contributed by atoms with van der Waals surface area (Å²) in [5.41, 5.74) is 3.77. The second kappa shape index (κ2) is 8.53. The van der Waals surface area contributed by atoms with Gasteiger partial charge in [-0.15, -0.1) is 11.3 Å². The van der Waals surface area contributed by atoms with Gasteiger partial charge in [0.2, 0.25) is 5.91 Å². The van der Waals surface area contributed by atoms with E-state index in [1.54, 1.807) is 11.3 Å². The van der Waals surface area contributed by atoms with Crippen molar-refractivity contribution in [2.45, 2.75) is 32.9 Å². The SMILES string of the molecule is Cc1cc(N2C(=S)N[C@H](c3ccccn3)[C@@H]2c2cccs2)ccc1NC(=O)C(C)C. The average molecular weight is 437 g/mol. The minimum atomic E-state index is -0.0678. The van der Waals surface area contributed by atoms with E-state index in [-0.39, 0.29) is 23.9 Å². The molecule has 0 spiro atoms. The molecule has 3 heterocycles. The molecule has 2 N–H and O–H groups in total. The molecule has 1 amide bonds. The van der Waals surface area contributed by atoms with Gasteiger partial charge in [0.25, 0.3) is 0 Å². The first-order chi connectivity index (χ1) is 14.5. The Balaban J connectivity index is 1.71. The van der Waals surface area contributed by atoms with Crippen LogP contribution in [-0.4, -0.2) is 16.0 Å². The number of carbonyl (C=O) groups excluding carboxylic acids is 1. The Labute approximate surface area is 186 Å². The van der Waals surface area contributed by atoms with E-state index in [0.29, 0.717) is 5.11 Å². The van der Waals surface area contributed by atoms with Gasteiger partial charge in [0.1, 0.15) is 0 Å². The summed E-state index contributed by atoms with van der Waals surface area (Å²) in [7, 11) is 0. The monoisotopic (exact) mass is 436 g/mol. The lowest BCUT2D eigenvalue weighted by Crippen LogP contribution is -2.29. The number of nitrogens with zero attached hydrogens (tertiary/aromatic N) is 2. The summed E-state index contributed by atoms with van der Waals surface area (Å²) >= 11 is 7.46. The van der Waals surface area contributed by atoms with Crippen LogP contribution in [0, 0.1) is 12.8 Å². The minimum Gasteiger partial charge on any atom is -0.351 e. The van der Waals surface area contributed by atoms with Gasteiger partial charge in [0.05, 0.1) is 17.8 Å². The number of carbonyl (C=O) groups is 1. The van der Waals surface area contributed by atoms with Crippen molar-refractivity contribution >= 4 is 45.9 Å². The van der Waals surface area contributed by atoms with E-state index >= 15 is 0 Å². The average Bonchev–Trinajstić information content (AvgIpc) is 3.37. The summed E-state index contributed by atoms with van der Waals surface area (Å²) in [6.45, 7) is 5.77. The van der Waals surface area contributed by atoms with E-state index < -0.39 is 0 Å². The maximum Gasteiger partial charge on any atom is 0.226 e. The van der Waals surface area contributed by atoms with Crippen molar-refractivity contribution in [2.24, 2.45) is 5.92 Å². The number of hydrogen-bond donors (Lipinski definition) is 2. The van der Waals surface area contributed by atoms with Crippen LogP contribution in [0.4, 0.5) is 11.4 Å². The van der Waals surface area contributed by atoms with Crippen molar-refractivity contribution in [3.05, 3.63) is 76.2 Å². The molecule has 0 saturated carbocycles. The van der Waals surface area contributed by atoms with E-state index in [4.69, 9.17) is 12.2 Å². The van der Waals surface area contributed by atoms with Gasteiger partial charge in [0.15, 0.2) is 5.11 Å². The number of aromatic nitrogens is 1. The Morgan fingerprint density at radius 3 is 2.70 bits per heavy atom. The number of benzene rings is 1. The van der Waals surface area contributed by atoms with Crippen LogP contribution in [0.2, 0.25) is 0 Å². The van der Waals surface area contributed by atoms with Crippen molar-refractivity contribution in [2.75, 3.05) is 10.2 Å². The van der Waals surface area contributed by atoms with E-state index in [2.05, 4.69) is 44.1 Å². The predicted molar refractivity (Wildman–Crippen MR) is 127 cm³/mol. The Kier molecular flexibility index (Phi) is 5.83. The zero-order chi connectivity index (χ0) is 21.3. The van der Waals surface area contributed by atoms with Crippen LogP contribution in [0.1, 0.15) is 42.1 Å². The molecule has 1 aliphatic heterocycles. The quantitative estimate of drug-likeness (QED) is 0.537. The number of nitrogens with one attached hydrogen (secondary N) is 2. The Hall–Kier alpha value is -2.77. The molecule has 7 heteroatoms. The standard InChI is InChI=1S/C23H24N4OS2/c1-14(2)22(28)25-17-10-9-16(13-15(17)3)27-21(19-8-6-12-30-19)20(26-23(27)29)18-7-4-5-11-24-18/h4-14,20-21H,1-3H3,(H,25,28)(H,26,29)/t20-,21+/m1/s1. The maximum absolute atomic E-state index is 12.1. The van der Waals surface area contributed by atoms with Gasteiger partial charge in [-0.3, -0.25) is 9.78 Å². The molecule has 1 fully saturated rings. The minimum absolute atomic E-state index is 0.00269. The fourth-order valence-corrected chi connectivity index (χ4v) is 4.79. The zero-order valence-electron chi connectivity index (χ0n) is 17.1. The molecule has 5 nitrogen and oxygen atoms in total. The second-order valence-electron chi connectivity index (χ2n) is 7.66. The van der Waals surface area contributed by atoms with Crippen molar-refractivity contribution in [3.63, 3.8) is 0 Å². The highest BCUT2D eigenvalue weighted by Gasteiger charge is 2.41. The third kappa shape index (κ3) is 3.95. The van der Waals surface area contributed by atoms with E-state index in [1.807, 2.05) is 57.3 Å². The van der Waals surface area contributed by atoms with E-state index in [9.17, 15) is 4.79 Å². The lowest BCUT2D eigenvalue weighted by Gasteiger charge is -2.27. The van der Waals surface area contributed by atoms with Crippen molar-refractivity contribution in [3.8, 4) is 0 Å². The summed E-state index contributed by atoms with van der Waals surface area (Å²) in [5, 5.41) is 9.22. The molecule has 0 radical (unpaired) electrons. The Bertz CT molecular complexity index is 1050. The highest BCUT2D eigenvalue weighted by molar-refractivity contribution is 7.80. The molecule has 0 bridgehead atoms. The highest BCUT2D eigenvalue weighted by Crippen LogP contribution is 2.43. The summed E-state index contributed by atoms with van der Waals surface area (Å²) in [4.78, 5) is 20.0. The molecule has 0 aliphatic carbocycles. The van der Waals surface area contributed by atoms with Crippen molar-refractivity contribution < 1.29 is 4.79 Å². The van der Waals surface area contributed by atoms with Crippen LogP contribution in [-0.2, 0) is 4.79 Å². The first-order valence-corrected chi connectivity index (χ1v) is 11.2. The number of anilines is 2. The van der Waals surface area contributed by atoms with Gasteiger partial charge in [-0.2, -0.15) is 0 Å². The lowest BCUT2D eigenvalue weighted by atomic mass is 10.0. The molecule has 2 atom stereocenters. The summed E-state index contributed by atoms with van der Waals surface area (Å²) in [6.07, 6.45) is 1.81. The normalized spacial score (nSPS) is 18.5. The number of thiophene rings is 1. The molecule has 2 aromatic heterocycles. The largest absolute Gasteiger partial charge is 0.351 e. The molecule has 4 rings (SSSR count). The van der Waals surface area contributed by atoms with Gasteiger partial charge >= 0.3 is 0 Å². The van der Waals surface area contributed by atoms with E-state index in [0.717, 1.165) is 22.6 Å². The molecule has 154 valence electrons. The van der Waals surface area contributed by atoms with Gasteiger partial charge in [-0.25, -0.2) is 0 Å². The van der Waals surface area contributed by atoms with Crippen LogP contribution in [0.15, 0.2) is 60.1 Å². The van der Waals surface area contributed by atoms with Crippen molar-refractivity contribution in [1.82, 2.24) is 10.3 Å². The predicted octanol–water partition coefficient (Wildman–Crippen LogP) is 5.22. The third-order valence-corrected chi connectivity index (χ3v) is 6.46. The highest BCUT2D eigenvalue weighted by atomic mass is 32.1. The summed E-state index contributed by atoms with van der Waals surface area (Å²) in [6, 6.07) is 16.1. The van der Waals surface area contributed by atoms with Crippen LogP contribution in [0.3, 0.4) is 0 Å². The molecular weight excluding hydrogens is 412 g/mol. The van der Waals surface area contributed by atoms with Crippen LogP contribution >= 0.6 is 23.6 Å². The number of amides is 1. The number of rotatable bonds is 5. The molecule has 0 unspecified atom stereocenters. The molecular formula is C23H24N4OS2. The Morgan fingerprint density at radius 2 is 2.07 bits per heavy atom. The van der Waals surface area contributed by atoms with Crippen molar-refractivity contribution in [1.29, 1.82) is 0 Å². The van der Waals surface area contributed by atoms with Crippen LogP contribution < -0.4 is 15.5 Å². The zero-order valence-corrected chi connectivity index (χ0v) is 18.8. The van der Waals surface area contributed by atoms with Crippen LogP contribution in [0.25, 0.3) is 0 Å². The van der Waals surface area contributed by atoms with Gasteiger partial charge in [-0.05, 0) is 66.5 Å². The third-order valence-electron chi connectivity index (χ3n) is 5.20. The summed E-state index contributed by atoms with van der Waals surface area (Å²) in [5.74, 6) is -0.0577. The number of pyridine rings is 1. The number of aryl methyl sites for hydroxylation is 1. The van der Waals surface area contributed by atoms with E-state index in [1.165, 1.54) is 4.88 Å². The lowest BCUT2D eigenvalue weighted by molar-refractivity contribution is -0.118.